The quantitative estimate of drug-likeness (QED) is 0.695. The first kappa shape index (κ1) is 28.2. The number of nitrogens with one attached hydrogen (secondary N) is 1. The Labute approximate surface area is 165 Å². The van der Waals surface area contributed by atoms with E-state index in [0.29, 0.717) is 19.0 Å². The van der Waals surface area contributed by atoms with Crippen LogP contribution in [-0.4, -0.2) is 55.2 Å². The Morgan fingerprint density at radius 1 is 1.29 bits per heavy atom. The van der Waals surface area contributed by atoms with Crippen molar-refractivity contribution in [3.05, 3.63) is 0 Å². The molecule has 1 aliphatic heterocycles. The van der Waals surface area contributed by atoms with Gasteiger partial charge in [-0.25, -0.2) is 4.79 Å². The van der Waals surface area contributed by atoms with Gasteiger partial charge in [0.1, 0.15) is 6.54 Å². The number of halogens is 3. The maximum atomic E-state index is 12.2. The van der Waals surface area contributed by atoms with Crippen LogP contribution in [0.1, 0.15) is 48.5 Å². The minimum absolute atomic E-state index is 0.0129. The number of carbonyl (C=O) groups is 3. The monoisotopic (exact) mass is 413 g/mol. The number of primary amides is 1. The summed E-state index contributed by atoms with van der Waals surface area (Å²) in [5, 5.41) is 2.05. The molecule has 1 aliphatic rings. The van der Waals surface area contributed by atoms with Crippen LogP contribution in [0.15, 0.2) is 0 Å². The van der Waals surface area contributed by atoms with Gasteiger partial charge in [0.2, 0.25) is 12.3 Å². The molecule has 1 saturated heterocycles. The number of ether oxygens (including phenoxy) is 1. The van der Waals surface area contributed by atoms with E-state index in [1.54, 1.807) is 4.90 Å². The van der Waals surface area contributed by atoms with Gasteiger partial charge in [-0.15, -0.1) is 0 Å². The van der Waals surface area contributed by atoms with Gasteiger partial charge in [0, 0.05) is 13.1 Å². The lowest BCUT2D eigenvalue weighted by atomic mass is 9.84. The summed E-state index contributed by atoms with van der Waals surface area (Å²) in [4.78, 5) is 33.3. The van der Waals surface area contributed by atoms with Crippen molar-refractivity contribution < 1.29 is 32.3 Å². The molecule has 166 valence electrons. The summed E-state index contributed by atoms with van der Waals surface area (Å²) in [5.74, 6) is 0.822. The van der Waals surface area contributed by atoms with Crippen LogP contribution < -0.4 is 11.1 Å². The van der Waals surface area contributed by atoms with E-state index in [0.717, 1.165) is 12.8 Å². The first-order valence-corrected chi connectivity index (χ1v) is 9.02. The Kier molecular flexibility index (Phi) is 12.6. The summed E-state index contributed by atoms with van der Waals surface area (Å²) >= 11 is 0. The van der Waals surface area contributed by atoms with Crippen LogP contribution in [0.5, 0.6) is 0 Å². The lowest BCUT2D eigenvalue weighted by Crippen LogP contribution is -2.42. The van der Waals surface area contributed by atoms with Gasteiger partial charge in [0.05, 0.1) is 0 Å². The van der Waals surface area contributed by atoms with Gasteiger partial charge in [-0.2, -0.15) is 13.2 Å². The zero-order valence-corrected chi connectivity index (χ0v) is 17.7. The highest BCUT2D eigenvalue weighted by Crippen LogP contribution is 2.34. The zero-order valence-electron chi connectivity index (χ0n) is 17.7. The molecule has 1 rings (SSSR count). The molecular formula is C18H34F3N3O4. The number of carbonyl (C=O) groups excluding carboxylic acids is 3. The van der Waals surface area contributed by atoms with E-state index in [2.05, 4.69) is 36.6 Å². The second-order valence-corrected chi connectivity index (χ2v) is 7.97. The second kappa shape index (κ2) is 12.5. The van der Waals surface area contributed by atoms with E-state index < -0.39 is 18.4 Å². The number of hydrogen-bond donors (Lipinski definition) is 2. The fourth-order valence-corrected chi connectivity index (χ4v) is 2.01. The van der Waals surface area contributed by atoms with Gasteiger partial charge in [0.15, 0.2) is 6.10 Å². The number of amides is 3. The average molecular weight is 413 g/mol. The van der Waals surface area contributed by atoms with Gasteiger partial charge in [-0.05, 0) is 24.2 Å². The summed E-state index contributed by atoms with van der Waals surface area (Å²) in [7, 11) is 0. The van der Waals surface area contributed by atoms with Crippen molar-refractivity contribution in [2.75, 3.05) is 19.6 Å². The molecule has 0 bridgehead atoms. The van der Waals surface area contributed by atoms with Crippen LogP contribution in [0.4, 0.5) is 18.0 Å². The normalized spacial score (nSPS) is 18.8. The number of alkyl halides is 3. The van der Waals surface area contributed by atoms with Gasteiger partial charge in [-0.1, -0.05) is 41.5 Å². The molecule has 0 spiro atoms. The SMILES string of the molecule is CC(C)C.CC(OC(=O)NCC(=O)N1CC(C)C(C)(C)C1)C(F)(F)F.NC=O. The van der Waals surface area contributed by atoms with E-state index in [-0.39, 0.29) is 24.3 Å². The third-order valence-corrected chi connectivity index (χ3v) is 3.91. The summed E-state index contributed by atoms with van der Waals surface area (Å²) in [6, 6.07) is 0. The second-order valence-electron chi connectivity index (χ2n) is 7.97. The van der Waals surface area contributed by atoms with Crippen molar-refractivity contribution in [1.82, 2.24) is 10.2 Å². The van der Waals surface area contributed by atoms with Crippen LogP contribution in [0.25, 0.3) is 0 Å². The molecule has 2 unspecified atom stereocenters. The van der Waals surface area contributed by atoms with Gasteiger partial charge < -0.3 is 20.7 Å². The summed E-state index contributed by atoms with van der Waals surface area (Å²) in [6.45, 7) is 14.1. The maximum absolute atomic E-state index is 12.2. The van der Waals surface area contributed by atoms with E-state index in [4.69, 9.17) is 4.79 Å². The molecule has 28 heavy (non-hydrogen) atoms. The molecule has 3 N–H and O–H groups in total. The fourth-order valence-electron chi connectivity index (χ4n) is 2.01. The Bertz CT molecular complexity index is 494. The highest BCUT2D eigenvalue weighted by atomic mass is 19.4. The number of nitrogens with zero attached hydrogens (tertiary/aromatic N) is 1. The molecule has 0 radical (unpaired) electrons. The van der Waals surface area contributed by atoms with Crippen molar-refractivity contribution in [2.45, 2.75) is 60.7 Å². The Morgan fingerprint density at radius 3 is 2.04 bits per heavy atom. The van der Waals surface area contributed by atoms with Gasteiger partial charge >= 0.3 is 12.3 Å². The molecule has 0 saturated carbocycles. The van der Waals surface area contributed by atoms with Crippen LogP contribution in [0.3, 0.4) is 0 Å². The third-order valence-electron chi connectivity index (χ3n) is 3.91. The van der Waals surface area contributed by atoms with Crippen LogP contribution in [0.2, 0.25) is 0 Å². The van der Waals surface area contributed by atoms with E-state index in [1.807, 2.05) is 20.8 Å². The molecule has 1 heterocycles. The molecular weight excluding hydrogens is 379 g/mol. The number of nitrogens with two attached hydrogens (primary N) is 1. The smallest absolute Gasteiger partial charge is 0.425 e. The van der Waals surface area contributed by atoms with E-state index in [1.165, 1.54) is 0 Å². The minimum atomic E-state index is -4.62. The lowest BCUT2D eigenvalue weighted by molar-refractivity contribution is -0.197. The third kappa shape index (κ3) is 12.4. The molecule has 0 aromatic heterocycles. The molecule has 2 atom stereocenters. The summed E-state index contributed by atoms with van der Waals surface area (Å²) in [6.07, 6.45) is -7.83. The van der Waals surface area contributed by atoms with E-state index >= 15 is 0 Å². The molecule has 0 aliphatic carbocycles. The Hall–Kier alpha value is -2.00. The molecule has 10 heteroatoms. The van der Waals surface area contributed by atoms with Crippen LogP contribution in [0, 0.1) is 17.3 Å². The summed E-state index contributed by atoms with van der Waals surface area (Å²) < 4.78 is 40.8. The molecule has 3 amide bonds. The predicted octanol–water partition coefficient (Wildman–Crippen LogP) is 2.93. The van der Waals surface area contributed by atoms with Crippen molar-refractivity contribution in [2.24, 2.45) is 23.0 Å². The number of likely N-dealkylation sites (tertiary alicyclic amines) is 1. The standard InChI is InChI=1S/C13H21F3N2O3.C4H10.CH3NO/c1-8-6-18(7-12(8,3)4)10(19)5-17-11(20)21-9(2)13(14,15)16;1-4(2)3;2-1-3/h8-9H,5-7H2,1-4H3,(H,17,20);4H,1-3H3;1H,(H2,2,3). The van der Waals surface area contributed by atoms with Gasteiger partial charge in [0.25, 0.3) is 0 Å². The van der Waals surface area contributed by atoms with Crippen molar-refractivity contribution >= 4 is 18.4 Å². The first-order chi connectivity index (χ1) is 12.6. The van der Waals surface area contributed by atoms with Gasteiger partial charge in [-0.3, -0.25) is 9.59 Å². The largest absolute Gasteiger partial charge is 0.437 e. The number of rotatable bonds is 3. The zero-order chi connectivity index (χ0) is 22.7. The molecule has 0 aromatic carbocycles. The fraction of sp³-hybridized carbons (Fsp3) is 0.833. The summed E-state index contributed by atoms with van der Waals surface area (Å²) in [5.41, 5.74) is 4.15. The molecule has 1 fully saturated rings. The maximum Gasteiger partial charge on any atom is 0.425 e. The van der Waals surface area contributed by atoms with E-state index in [9.17, 15) is 22.8 Å². The van der Waals surface area contributed by atoms with Crippen molar-refractivity contribution in [3.63, 3.8) is 0 Å². The van der Waals surface area contributed by atoms with Crippen molar-refractivity contribution in [3.8, 4) is 0 Å². The average Bonchev–Trinajstić information content (AvgIpc) is 2.78. The first-order valence-electron chi connectivity index (χ1n) is 9.02. The van der Waals surface area contributed by atoms with Crippen molar-refractivity contribution in [1.29, 1.82) is 0 Å². The number of hydrogen-bond acceptors (Lipinski definition) is 4. The highest BCUT2D eigenvalue weighted by Gasteiger charge is 2.40. The Balaban J connectivity index is 0. The lowest BCUT2D eigenvalue weighted by Gasteiger charge is -2.22. The predicted molar refractivity (Wildman–Crippen MR) is 100 cm³/mol. The Morgan fingerprint density at radius 2 is 1.71 bits per heavy atom. The number of alkyl carbamates (subject to hydrolysis) is 1. The van der Waals surface area contributed by atoms with Crippen LogP contribution >= 0.6 is 0 Å². The topological polar surface area (TPSA) is 102 Å². The molecule has 7 nitrogen and oxygen atoms in total. The highest BCUT2D eigenvalue weighted by molar-refractivity contribution is 5.82. The van der Waals surface area contributed by atoms with Crippen LogP contribution in [-0.2, 0) is 14.3 Å². The minimum Gasteiger partial charge on any atom is -0.437 e. The molecule has 0 aromatic rings.